The van der Waals surface area contributed by atoms with E-state index in [1.54, 1.807) is 0 Å². The predicted octanol–water partition coefficient (Wildman–Crippen LogP) is 0.350. The SMILES string of the molecule is OCCNc1cc(CF)ncn1. The summed E-state index contributed by atoms with van der Waals surface area (Å²) in [5, 5.41) is 11.3. The van der Waals surface area contributed by atoms with Crippen LogP contribution in [0.4, 0.5) is 10.2 Å². The highest BCUT2D eigenvalue weighted by Gasteiger charge is 1.96. The summed E-state index contributed by atoms with van der Waals surface area (Å²) in [7, 11) is 0. The second-order valence-electron chi connectivity index (χ2n) is 2.18. The number of nitrogens with one attached hydrogen (secondary N) is 1. The van der Waals surface area contributed by atoms with Crippen LogP contribution in [0.5, 0.6) is 0 Å². The number of halogens is 1. The molecule has 2 N–H and O–H groups in total. The standard InChI is InChI=1S/C7H10FN3O/c8-4-6-3-7(9-1-2-12)11-5-10-6/h3,5,12H,1-2,4H2,(H,9,10,11). The van der Waals surface area contributed by atoms with Crippen LogP contribution < -0.4 is 5.32 Å². The van der Waals surface area contributed by atoms with Crippen molar-refractivity contribution in [1.29, 1.82) is 0 Å². The number of aliphatic hydroxyl groups excluding tert-OH is 1. The summed E-state index contributed by atoms with van der Waals surface area (Å²) >= 11 is 0. The largest absolute Gasteiger partial charge is 0.395 e. The Morgan fingerprint density at radius 2 is 2.33 bits per heavy atom. The van der Waals surface area contributed by atoms with Gasteiger partial charge in [-0.05, 0) is 0 Å². The van der Waals surface area contributed by atoms with Gasteiger partial charge in [-0.25, -0.2) is 14.4 Å². The zero-order valence-electron chi connectivity index (χ0n) is 6.50. The van der Waals surface area contributed by atoms with Crippen molar-refractivity contribution >= 4 is 5.82 Å². The van der Waals surface area contributed by atoms with Gasteiger partial charge in [0.15, 0.2) is 0 Å². The number of rotatable bonds is 4. The van der Waals surface area contributed by atoms with Gasteiger partial charge in [0, 0.05) is 12.6 Å². The monoisotopic (exact) mass is 171 g/mol. The van der Waals surface area contributed by atoms with Crippen molar-refractivity contribution in [2.75, 3.05) is 18.5 Å². The average Bonchev–Trinajstić information content (AvgIpc) is 2.15. The van der Waals surface area contributed by atoms with Crippen LogP contribution in [0.1, 0.15) is 5.69 Å². The lowest BCUT2D eigenvalue weighted by atomic mass is 10.4. The Hall–Kier alpha value is -1.23. The third-order valence-electron chi connectivity index (χ3n) is 1.28. The third kappa shape index (κ3) is 2.43. The Kier molecular flexibility index (Phi) is 3.40. The lowest BCUT2D eigenvalue weighted by Crippen LogP contribution is -2.07. The lowest BCUT2D eigenvalue weighted by molar-refractivity contribution is 0.311. The molecule has 0 spiro atoms. The van der Waals surface area contributed by atoms with Gasteiger partial charge in [0.1, 0.15) is 18.8 Å². The molecule has 0 aromatic carbocycles. The maximum absolute atomic E-state index is 12.1. The van der Waals surface area contributed by atoms with Gasteiger partial charge in [-0.2, -0.15) is 0 Å². The highest BCUT2D eigenvalue weighted by Crippen LogP contribution is 2.03. The van der Waals surface area contributed by atoms with Gasteiger partial charge < -0.3 is 10.4 Å². The summed E-state index contributed by atoms with van der Waals surface area (Å²) in [6.07, 6.45) is 1.29. The van der Waals surface area contributed by atoms with Crippen molar-refractivity contribution in [1.82, 2.24) is 9.97 Å². The lowest BCUT2D eigenvalue weighted by Gasteiger charge is -2.02. The Balaban J connectivity index is 2.60. The van der Waals surface area contributed by atoms with Crippen LogP contribution in [0, 0.1) is 0 Å². The van der Waals surface area contributed by atoms with Crippen molar-refractivity contribution in [2.45, 2.75) is 6.67 Å². The molecule has 0 aliphatic carbocycles. The van der Waals surface area contributed by atoms with Crippen molar-refractivity contribution in [3.05, 3.63) is 18.1 Å². The molecular weight excluding hydrogens is 161 g/mol. The molecule has 0 aliphatic rings. The highest BCUT2D eigenvalue weighted by atomic mass is 19.1. The topological polar surface area (TPSA) is 58.0 Å². The normalized spacial score (nSPS) is 9.83. The predicted molar refractivity (Wildman–Crippen MR) is 42.4 cm³/mol. The molecule has 0 amide bonds. The van der Waals surface area contributed by atoms with Gasteiger partial charge in [-0.1, -0.05) is 0 Å². The molecule has 0 bridgehead atoms. The van der Waals surface area contributed by atoms with Crippen molar-refractivity contribution in [3.8, 4) is 0 Å². The Bertz CT molecular complexity index is 244. The van der Waals surface area contributed by atoms with E-state index in [2.05, 4.69) is 15.3 Å². The minimum atomic E-state index is -0.601. The number of aromatic nitrogens is 2. The Labute approximate surface area is 69.5 Å². The second kappa shape index (κ2) is 4.61. The van der Waals surface area contributed by atoms with E-state index in [9.17, 15) is 4.39 Å². The Morgan fingerprint density at radius 3 is 3.00 bits per heavy atom. The van der Waals surface area contributed by atoms with Crippen molar-refractivity contribution in [3.63, 3.8) is 0 Å². The first-order chi connectivity index (χ1) is 5.86. The highest BCUT2D eigenvalue weighted by molar-refractivity contribution is 5.34. The number of anilines is 1. The first-order valence-corrected chi connectivity index (χ1v) is 3.58. The summed E-state index contributed by atoms with van der Waals surface area (Å²) in [6.45, 7) is -0.173. The van der Waals surface area contributed by atoms with Crippen LogP contribution >= 0.6 is 0 Å². The first kappa shape index (κ1) is 8.86. The van der Waals surface area contributed by atoms with Crippen molar-refractivity contribution < 1.29 is 9.50 Å². The number of alkyl halides is 1. The van der Waals surface area contributed by atoms with Crippen LogP contribution in [-0.4, -0.2) is 28.2 Å². The smallest absolute Gasteiger partial charge is 0.132 e. The molecule has 66 valence electrons. The number of nitrogens with zero attached hydrogens (tertiary/aromatic N) is 2. The average molecular weight is 171 g/mol. The fourth-order valence-corrected chi connectivity index (χ4v) is 0.751. The van der Waals surface area contributed by atoms with E-state index < -0.39 is 6.67 Å². The molecule has 12 heavy (non-hydrogen) atoms. The van der Waals surface area contributed by atoms with E-state index in [-0.39, 0.29) is 6.61 Å². The van der Waals surface area contributed by atoms with Gasteiger partial charge in [0.05, 0.1) is 12.3 Å². The molecule has 0 saturated heterocycles. The molecule has 0 fully saturated rings. The fraction of sp³-hybridized carbons (Fsp3) is 0.429. The zero-order chi connectivity index (χ0) is 8.81. The van der Waals surface area contributed by atoms with Gasteiger partial charge in [0.25, 0.3) is 0 Å². The van der Waals surface area contributed by atoms with Crippen molar-refractivity contribution in [2.24, 2.45) is 0 Å². The summed E-state index contributed by atoms with van der Waals surface area (Å²) in [5.74, 6) is 0.534. The van der Waals surface area contributed by atoms with Crippen LogP contribution in [0.2, 0.25) is 0 Å². The summed E-state index contributed by atoms with van der Waals surface area (Å²) < 4.78 is 12.1. The van der Waals surface area contributed by atoms with Gasteiger partial charge in [-0.3, -0.25) is 0 Å². The molecule has 5 heteroatoms. The molecule has 1 heterocycles. The zero-order valence-corrected chi connectivity index (χ0v) is 6.50. The van der Waals surface area contributed by atoms with Gasteiger partial charge in [-0.15, -0.1) is 0 Å². The summed E-state index contributed by atoms with van der Waals surface area (Å²) in [6, 6.07) is 1.51. The second-order valence-corrected chi connectivity index (χ2v) is 2.18. The molecule has 1 rings (SSSR count). The number of hydrogen-bond acceptors (Lipinski definition) is 4. The van der Waals surface area contributed by atoms with Crippen LogP contribution in [-0.2, 0) is 6.67 Å². The molecule has 0 aliphatic heterocycles. The van der Waals surface area contributed by atoms with Crippen LogP contribution in [0.3, 0.4) is 0 Å². The molecule has 1 aromatic rings. The maximum atomic E-state index is 12.1. The third-order valence-corrected chi connectivity index (χ3v) is 1.28. The quantitative estimate of drug-likeness (QED) is 0.686. The number of aliphatic hydroxyl groups is 1. The van der Waals surface area contributed by atoms with E-state index in [4.69, 9.17) is 5.11 Å². The number of hydrogen-bond donors (Lipinski definition) is 2. The summed E-state index contributed by atoms with van der Waals surface area (Å²) in [5.41, 5.74) is 0.338. The van der Waals surface area contributed by atoms with Gasteiger partial charge >= 0.3 is 0 Å². The van der Waals surface area contributed by atoms with E-state index in [1.165, 1.54) is 12.4 Å². The molecule has 0 radical (unpaired) electrons. The molecule has 0 unspecified atom stereocenters. The fourth-order valence-electron chi connectivity index (χ4n) is 0.751. The molecule has 1 aromatic heterocycles. The molecule has 0 atom stereocenters. The van der Waals surface area contributed by atoms with E-state index in [0.717, 1.165) is 0 Å². The van der Waals surface area contributed by atoms with E-state index in [1.807, 2.05) is 0 Å². The van der Waals surface area contributed by atoms with E-state index >= 15 is 0 Å². The molecule has 0 saturated carbocycles. The van der Waals surface area contributed by atoms with E-state index in [0.29, 0.717) is 18.1 Å². The van der Waals surface area contributed by atoms with Gasteiger partial charge in [0.2, 0.25) is 0 Å². The van der Waals surface area contributed by atoms with Crippen LogP contribution in [0.15, 0.2) is 12.4 Å². The minimum absolute atomic E-state index is 0.0228. The molecular formula is C7H10FN3O. The Morgan fingerprint density at radius 1 is 1.50 bits per heavy atom. The minimum Gasteiger partial charge on any atom is -0.395 e. The first-order valence-electron chi connectivity index (χ1n) is 3.58. The molecule has 4 nitrogen and oxygen atoms in total. The maximum Gasteiger partial charge on any atom is 0.132 e. The summed E-state index contributed by atoms with van der Waals surface area (Å²) in [4.78, 5) is 7.50. The van der Waals surface area contributed by atoms with Crippen LogP contribution in [0.25, 0.3) is 0 Å².